The fraction of sp³-hybridized carbons (Fsp3) is 0.316. The molecule has 1 aliphatic carbocycles. The Balaban J connectivity index is 1.73. The van der Waals surface area contributed by atoms with Gasteiger partial charge in [-0.05, 0) is 55.2 Å². The van der Waals surface area contributed by atoms with Crippen LogP contribution in [0.3, 0.4) is 0 Å². The first-order valence-electron chi connectivity index (χ1n) is 8.11. The number of ether oxygens (including phenoxy) is 1. The molecule has 1 fully saturated rings. The smallest absolute Gasteiger partial charge is 0.310 e. The van der Waals surface area contributed by atoms with Gasteiger partial charge in [0.2, 0.25) is 0 Å². The molecule has 2 aromatic carbocycles. The van der Waals surface area contributed by atoms with Gasteiger partial charge in [0.15, 0.2) is 0 Å². The van der Waals surface area contributed by atoms with Crippen LogP contribution in [-0.4, -0.2) is 12.6 Å². The number of carbonyl (C=O) groups is 1. The van der Waals surface area contributed by atoms with Crippen LogP contribution < -0.4 is 11.1 Å². The van der Waals surface area contributed by atoms with Crippen molar-refractivity contribution in [1.29, 1.82) is 0 Å². The lowest BCUT2D eigenvalue weighted by Gasteiger charge is -2.20. The second-order valence-electron chi connectivity index (χ2n) is 6.11. The van der Waals surface area contributed by atoms with Crippen molar-refractivity contribution in [3.05, 3.63) is 59.4 Å². The third-order valence-electron chi connectivity index (χ3n) is 4.32. The summed E-state index contributed by atoms with van der Waals surface area (Å²) >= 11 is 0. The number of nitrogen functional groups attached to an aromatic ring is 1. The van der Waals surface area contributed by atoms with Crippen molar-refractivity contribution >= 4 is 17.3 Å². The summed E-state index contributed by atoms with van der Waals surface area (Å²) in [7, 11) is 0. The van der Waals surface area contributed by atoms with E-state index in [0.717, 1.165) is 29.7 Å². The molecule has 0 bridgehead atoms. The molecule has 0 amide bonds. The van der Waals surface area contributed by atoms with E-state index < -0.39 is 0 Å². The molecule has 1 saturated carbocycles. The SMILES string of the molecule is CCOC(=O)Cc1ccc(NC2(c3ccc(F)cc3)CC2)cc1N. The first-order valence-corrected chi connectivity index (χ1v) is 8.11. The number of hydrogen-bond donors (Lipinski definition) is 2. The average molecular weight is 328 g/mol. The van der Waals surface area contributed by atoms with Gasteiger partial charge in [-0.1, -0.05) is 18.2 Å². The summed E-state index contributed by atoms with van der Waals surface area (Å²) in [6.45, 7) is 2.14. The number of nitrogens with two attached hydrogens (primary N) is 1. The zero-order valence-corrected chi connectivity index (χ0v) is 13.6. The molecule has 4 nitrogen and oxygen atoms in total. The standard InChI is InChI=1S/C19H21FN2O2/c1-2-24-18(23)11-13-3-8-16(12-17(13)21)22-19(9-10-19)14-4-6-15(20)7-5-14/h3-8,12,22H,2,9-11,21H2,1H3. The third kappa shape index (κ3) is 3.50. The Kier molecular flexibility index (Phi) is 4.42. The molecule has 0 radical (unpaired) electrons. The van der Waals surface area contributed by atoms with Crippen LogP contribution in [0, 0.1) is 5.82 Å². The Bertz CT molecular complexity index is 740. The number of halogens is 1. The largest absolute Gasteiger partial charge is 0.466 e. The van der Waals surface area contributed by atoms with E-state index in [0.29, 0.717) is 12.3 Å². The number of esters is 1. The van der Waals surface area contributed by atoms with E-state index in [1.807, 2.05) is 30.3 Å². The van der Waals surface area contributed by atoms with Crippen LogP contribution in [0.25, 0.3) is 0 Å². The van der Waals surface area contributed by atoms with Gasteiger partial charge in [-0.25, -0.2) is 4.39 Å². The van der Waals surface area contributed by atoms with Crippen molar-refractivity contribution in [3.63, 3.8) is 0 Å². The zero-order valence-electron chi connectivity index (χ0n) is 13.6. The minimum atomic E-state index is -0.283. The van der Waals surface area contributed by atoms with E-state index in [2.05, 4.69) is 5.32 Å². The molecule has 2 aromatic rings. The van der Waals surface area contributed by atoms with E-state index in [9.17, 15) is 9.18 Å². The van der Waals surface area contributed by atoms with E-state index in [1.165, 1.54) is 12.1 Å². The van der Waals surface area contributed by atoms with Gasteiger partial charge >= 0.3 is 5.97 Å². The number of rotatable bonds is 6. The molecule has 0 aromatic heterocycles. The second-order valence-corrected chi connectivity index (χ2v) is 6.11. The Morgan fingerprint density at radius 1 is 1.25 bits per heavy atom. The van der Waals surface area contributed by atoms with Crippen LogP contribution >= 0.6 is 0 Å². The van der Waals surface area contributed by atoms with Crippen LogP contribution in [0.4, 0.5) is 15.8 Å². The average Bonchev–Trinajstić information content (AvgIpc) is 3.32. The second kappa shape index (κ2) is 6.51. The summed E-state index contributed by atoms with van der Waals surface area (Å²) in [5.41, 5.74) is 9.19. The van der Waals surface area contributed by atoms with E-state index in [-0.39, 0.29) is 23.7 Å². The van der Waals surface area contributed by atoms with Crippen molar-refractivity contribution < 1.29 is 13.9 Å². The maximum atomic E-state index is 13.1. The van der Waals surface area contributed by atoms with Gasteiger partial charge in [-0.2, -0.15) is 0 Å². The highest BCUT2D eigenvalue weighted by atomic mass is 19.1. The van der Waals surface area contributed by atoms with Crippen LogP contribution in [-0.2, 0) is 21.5 Å². The molecule has 126 valence electrons. The molecule has 0 spiro atoms. The summed E-state index contributed by atoms with van der Waals surface area (Å²) in [5.74, 6) is -0.517. The summed E-state index contributed by atoms with van der Waals surface area (Å²) in [6.07, 6.45) is 2.15. The highest BCUT2D eigenvalue weighted by molar-refractivity contribution is 5.76. The van der Waals surface area contributed by atoms with E-state index in [1.54, 1.807) is 6.92 Å². The van der Waals surface area contributed by atoms with Crippen LogP contribution in [0.1, 0.15) is 30.9 Å². The monoisotopic (exact) mass is 328 g/mol. The number of hydrogen-bond acceptors (Lipinski definition) is 4. The molecular weight excluding hydrogens is 307 g/mol. The van der Waals surface area contributed by atoms with Gasteiger partial charge < -0.3 is 15.8 Å². The fourth-order valence-corrected chi connectivity index (χ4v) is 2.86. The normalized spacial score (nSPS) is 14.9. The van der Waals surface area contributed by atoms with Crippen molar-refractivity contribution in [3.8, 4) is 0 Å². The maximum absolute atomic E-state index is 13.1. The van der Waals surface area contributed by atoms with Gasteiger partial charge in [-0.3, -0.25) is 4.79 Å². The highest BCUT2D eigenvalue weighted by Gasteiger charge is 2.44. The molecule has 5 heteroatoms. The minimum absolute atomic E-state index is 0.150. The lowest BCUT2D eigenvalue weighted by Crippen LogP contribution is -2.19. The van der Waals surface area contributed by atoms with Gasteiger partial charge in [0.1, 0.15) is 5.82 Å². The molecular formula is C19H21FN2O2. The summed E-state index contributed by atoms with van der Waals surface area (Å²) in [4.78, 5) is 11.6. The van der Waals surface area contributed by atoms with Gasteiger partial charge in [0, 0.05) is 11.4 Å². The Morgan fingerprint density at radius 3 is 2.54 bits per heavy atom. The fourth-order valence-electron chi connectivity index (χ4n) is 2.86. The first kappa shape index (κ1) is 16.3. The Labute approximate surface area is 140 Å². The number of benzene rings is 2. The molecule has 0 atom stereocenters. The van der Waals surface area contributed by atoms with Crippen molar-refractivity contribution in [2.75, 3.05) is 17.7 Å². The molecule has 24 heavy (non-hydrogen) atoms. The van der Waals surface area contributed by atoms with E-state index in [4.69, 9.17) is 10.5 Å². The molecule has 0 unspecified atom stereocenters. The van der Waals surface area contributed by atoms with Crippen LogP contribution in [0.2, 0.25) is 0 Å². The lowest BCUT2D eigenvalue weighted by atomic mass is 10.0. The van der Waals surface area contributed by atoms with Crippen LogP contribution in [0.15, 0.2) is 42.5 Å². The van der Waals surface area contributed by atoms with Crippen molar-refractivity contribution in [2.24, 2.45) is 0 Å². The zero-order chi connectivity index (χ0) is 17.2. The Morgan fingerprint density at radius 2 is 1.96 bits per heavy atom. The number of nitrogens with one attached hydrogen (secondary N) is 1. The number of carbonyl (C=O) groups excluding carboxylic acids is 1. The van der Waals surface area contributed by atoms with E-state index >= 15 is 0 Å². The Hall–Kier alpha value is -2.56. The predicted molar refractivity (Wildman–Crippen MR) is 92.1 cm³/mol. The van der Waals surface area contributed by atoms with Crippen LogP contribution in [0.5, 0.6) is 0 Å². The van der Waals surface area contributed by atoms with Gasteiger partial charge in [-0.15, -0.1) is 0 Å². The van der Waals surface area contributed by atoms with Gasteiger partial charge in [0.25, 0.3) is 0 Å². The molecule has 0 saturated heterocycles. The summed E-state index contributed by atoms with van der Waals surface area (Å²) in [6, 6.07) is 12.2. The first-order chi connectivity index (χ1) is 11.5. The minimum Gasteiger partial charge on any atom is -0.466 e. The summed E-state index contributed by atoms with van der Waals surface area (Å²) < 4.78 is 18.1. The molecule has 1 aliphatic rings. The highest BCUT2D eigenvalue weighted by Crippen LogP contribution is 2.48. The molecule has 3 N–H and O–H groups in total. The topological polar surface area (TPSA) is 64.3 Å². The number of anilines is 2. The summed E-state index contributed by atoms with van der Waals surface area (Å²) in [5, 5.41) is 3.49. The predicted octanol–water partition coefficient (Wildman–Crippen LogP) is 3.61. The molecule has 3 rings (SSSR count). The van der Waals surface area contributed by atoms with Gasteiger partial charge in [0.05, 0.1) is 18.6 Å². The molecule has 0 heterocycles. The quantitative estimate of drug-likeness (QED) is 0.628. The van der Waals surface area contributed by atoms with Crippen molar-refractivity contribution in [1.82, 2.24) is 0 Å². The molecule has 0 aliphatic heterocycles. The lowest BCUT2D eigenvalue weighted by molar-refractivity contribution is -0.142. The maximum Gasteiger partial charge on any atom is 0.310 e. The third-order valence-corrected chi connectivity index (χ3v) is 4.32. The van der Waals surface area contributed by atoms with Crippen molar-refractivity contribution in [2.45, 2.75) is 31.7 Å².